The molecule has 0 unspecified atom stereocenters. The van der Waals surface area contributed by atoms with Crippen molar-refractivity contribution in [2.45, 2.75) is 50.2 Å². The van der Waals surface area contributed by atoms with Gasteiger partial charge in [0, 0.05) is 44.4 Å². The topological polar surface area (TPSA) is 87.1 Å². The Hall–Kier alpha value is -2.39. The number of nitrogens with zero attached hydrogens (tertiary/aromatic N) is 5. The summed E-state index contributed by atoms with van der Waals surface area (Å²) >= 11 is 1.38. The quantitative estimate of drug-likeness (QED) is 0.336. The summed E-state index contributed by atoms with van der Waals surface area (Å²) in [5.74, 6) is 1.12. The van der Waals surface area contributed by atoms with Crippen LogP contribution in [-0.4, -0.2) is 79.7 Å². The number of amides is 1. The molecule has 2 fully saturated rings. The second-order valence-electron chi connectivity index (χ2n) is 8.46. The zero-order valence-electron chi connectivity index (χ0n) is 18.6. The first-order valence-corrected chi connectivity index (χ1v) is 12.5. The number of piperidine rings is 1. The maximum atomic E-state index is 12.7. The van der Waals surface area contributed by atoms with Crippen molar-refractivity contribution in [3.63, 3.8) is 0 Å². The van der Waals surface area contributed by atoms with Crippen molar-refractivity contribution in [2.24, 2.45) is 0 Å². The standard InChI is InChI=1S/C23H32N6O2S/c1-2-9-29-21(8-14-27-10-4-3-5-11-27)25-26-23(29)32-17-20(30)18-15-19(24-16-18)22(31)28-12-6-7-13-28/h2,15-16,24H,1,3-14,17H2. The van der Waals surface area contributed by atoms with Gasteiger partial charge in [0.25, 0.3) is 5.91 Å². The number of hydrogen-bond donors (Lipinski definition) is 1. The summed E-state index contributed by atoms with van der Waals surface area (Å²) in [6.45, 7) is 9.35. The van der Waals surface area contributed by atoms with Crippen LogP contribution in [0.2, 0.25) is 0 Å². The van der Waals surface area contributed by atoms with Gasteiger partial charge in [-0.2, -0.15) is 0 Å². The molecule has 32 heavy (non-hydrogen) atoms. The highest BCUT2D eigenvalue weighted by molar-refractivity contribution is 7.99. The number of hydrogen-bond acceptors (Lipinski definition) is 6. The van der Waals surface area contributed by atoms with Gasteiger partial charge in [-0.3, -0.25) is 9.59 Å². The van der Waals surface area contributed by atoms with Gasteiger partial charge >= 0.3 is 0 Å². The molecule has 0 aromatic carbocycles. The number of ketones is 1. The molecule has 4 heterocycles. The average molecular weight is 457 g/mol. The van der Waals surface area contributed by atoms with E-state index < -0.39 is 0 Å². The van der Waals surface area contributed by atoms with Crippen LogP contribution in [0.3, 0.4) is 0 Å². The molecule has 1 amide bonds. The van der Waals surface area contributed by atoms with Gasteiger partial charge in [-0.1, -0.05) is 24.3 Å². The Morgan fingerprint density at radius 1 is 1.09 bits per heavy atom. The number of aromatic nitrogens is 4. The molecule has 2 saturated heterocycles. The van der Waals surface area contributed by atoms with E-state index in [9.17, 15) is 9.59 Å². The molecular formula is C23H32N6O2S. The molecule has 2 aliphatic rings. The normalized spacial score (nSPS) is 17.1. The van der Waals surface area contributed by atoms with Crippen LogP contribution in [0.25, 0.3) is 0 Å². The Morgan fingerprint density at radius 3 is 2.59 bits per heavy atom. The summed E-state index contributed by atoms with van der Waals surface area (Å²) in [5.41, 5.74) is 1.01. The predicted octanol–water partition coefficient (Wildman–Crippen LogP) is 3.03. The van der Waals surface area contributed by atoms with Gasteiger partial charge in [0.15, 0.2) is 10.9 Å². The highest BCUT2D eigenvalue weighted by Crippen LogP contribution is 2.21. The Morgan fingerprint density at radius 2 is 1.84 bits per heavy atom. The van der Waals surface area contributed by atoms with Crippen LogP contribution in [0.1, 0.15) is 58.8 Å². The second kappa shape index (κ2) is 11.0. The number of likely N-dealkylation sites (tertiary alicyclic amines) is 2. The van der Waals surface area contributed by atoms with Crippen LogP contribution in [-0.2, 0) is 13.0 Å². The van der Waals surface area contributed by atoms with E-state index in [1.807, 2.05) is 15.5 Å². The molecule has 9 heteroatoms. The molecule has 0 spiro atoms. The maximum absolute atomic E-state index is 12.7. The molecule has 0 radical (unpaired) electrons. The first-order valence-electron chi connectivity index (χ1n) is 11.5. The summed E-state index contributed by atoms with van der Waals surface area (Å²) in [6.07, 6.45) is 10.3. The number of carbonyl (C=O) groups excluding carboxylic acids is 2. The average Bonchev–Trinajstić information content (AvgIpc) is 3.58. The van der Waals surface area contributed by atoms with E-state index in [4.69, 9.17) is 0 Å². The lowest BCUT2D eigenvalue weighted by molar-refractivity contribution is 0.0787. The summed E-state index contributed by atoms with van der Waals surface area (Å²) in [6, 6.07) is 1.67. The second-order valence-corrected chi connectivity index (χ2v) is 9.41. The monoisotopic (exact) mass is 456 g/mol. The number of allylic oxidation sites excluding steroid dienone is 1. The zero-order chi connectivity index (χ0) is 22.3. The molecule has 0 saturated carbocycles. The highest BCUT2D eigenvalue weighted by atomic mass is 32.2. The van der Waals surface area contributed by atoms with Crippen molar-refractivity contribution in [3.8, 4) is 0 Å². The van der Waals surface area contributed by atoms with E-state index in [0.29, 0.717) is 17.8 Å². The lowest BCUT2D eigenvalue weighted by atomic mass is 10.1. The summed E-state index contributed by atoms with van der Waals surface area (Å²) in [5, 5.41) is 9.46. The molecule has 2 aliphatic heterocycles. The van der Waals surface area contributed by atoms with E-state index in [1.165, 1.54) is 31.0 Å². The van der Waals surface area contributed by atoms with Crippen molar-refractivity contribution in [1.29, 1.82) is 0 Å². The third kappa shape index (κ3) is 5.50. The number of carbonyl (C=O) groups is 2. The molecule has 0 bridgehead atoms. The third-order valence-electron chi connectivity index (χ3n) is 6.17. The number of rotatable bonds is 10. The van der Waals surface area contributed by atoms with Crippen LogP contribution >= 0.6 is 11.8 Å². The Bertz CT molecular complexity index is 940. The smallest absolute Gasteiger partial charge is 0.270 e. The van der Waals surface area contributed by atoms with Crippen molar-refractivity contribution in [3.05, 3.63) is 42.0 Å². The minimum absolute atomic E-state index is 0.0294. The van der Waals surface area contributed by atoms with E-state index in [0.717, 1.165) is 63.0 Å². The van der Waals surface area contributed by atoms with Crippen molar-refractivity contribution in [2.75, 3.05) is 38.5 Å². The largest absolute Gasteiger partial charge is 0.356 e. The van der Waals surface area contributed by atoms with Gasteiger partial charge in [-0.15, -0.1) is 16.8 Å². The number of aromatic amines is 1. The fraction of sp³-hybridized carbons (Fsp3) is 0.565. The molecule has 172 valence electrons. The lowest BCUT2D eigenvalue weighted by Crippen LogP contribution is -2.32. The molecule has 8 nitrogen and oxygen atoms in total. The minimum Gasteiger partial charge on any atom is -0.356 e. The first kappa shape index (κ1) is 22.8. The van der Waals surface area contributed by atoms with Gasteiger partial charge in [-0.25, -0.2) is 0 Å². The molecular weight excluding hydrogens is 424 g/mol. The van der Waals surface area contributed by atoms with Gasteiger partial charge in [-0.05, 0) is 44.8 Å². The summed E-state index contributed by atoms with van der Waals surface area (Å²) in [7, 11) is 0. The van der Waals surface area contributed by atoms with E-state index in [1.54, 1.807) is 12.3 Å². The molecule has 0 aliphatic carbocycles. The van der Waals surface area contributed by atoms with Gasteiger partial charge < -0.3 is 19.4 Å². The van der Waals surface area contributed by atoms with Crippen molar-refractivity contribution >= 4 is 23.5 Å². The van der Waals surface area contributed by atoms with Crippen LogP contribution in [0, 0.1) is 0 Å². The van der Waals surface area contributed by atoms with Gasteiger partial charge in [0.2, 0.25) is 0 Å². The Kier molecular flexibility index (Phi) is 7.81. The fourth-order valence-electron chi connectivity index (χ4n) is 4.35. The third-order valence-corrected chi connectivity index (χ3v) is 7.13. The van der Waals surface area contributed by atoms with Gasteiger partial charge in [0.1, 0.15) is 11.5 Å². The van der Waals surface area contributed by atoms with Crippen LogP contribution in [0.15, 0.2) is 30.1 Å². The van der Waals surface area contributed by atoms with Crippen molar-refractivity contribution in [1.82, 2.24) is 29.5 Å². The SMILES string of the molecule is C=CCn1c(CCN2CCCCC2)nnc1SCC(=O)c1c[nH]c(C(=O)N2CCCC2)c1. The molecule has 2 aromatic rings. The zero-order valence-corrected chi connectivity index (χ0v) is 19.4. The predicted molar refractivity (Wildman–Crippen MR) is 125 cm³/mol. The molecule has 2 aromatic heterocycles. The molecule has 4 rings (SSSR count). The first-order chi connectivity index (χ1) is 15.7. The maximum Gasteiger partial charge on any atom is 0.270 e. The minimum atomic E-state index is -0.0326. The van der Waals surface area contributed by atoms with E-state index in [-0.39, 0.29) is 17.4 Å². The summed E-state index contributed by atoms with van der Waals surface area (Å²) in [4.78, 5) is 32.5. The number of Topliss-reactive ketones (excluding diaryl/α,β-unsaturated/α-hetero) is 1. The fourth-order valence-corrected chi connectivity index (χ4v) is 5.21. The van der Waals surface area contributed by atoms with E-state index >= 15 is 0 Å². The summed E-state index contributed by atoms with van der Waals surface area (Å²) < 4.78 is 2.05. The Labute approximate surface area is 193 Å². The van der Waals surface area contributed by atoms with Crippen LogP contribution in [0.5, 0.6) is 0 Å². The van der Waals surface area contributed by atoms with Crippen molar-refractivity contribution < 1.29 is 9.59 Å². The van der Waals surface area contributed by atoms with Gasteiger partial charge in [0.05, 0.1) is 5.75 Å². The molecule has 0 atom stereocenters. The number of nitrogens with one attached hydrogen (secondary N) is 1. The van der Waals surface area contributed by atoms with Crippen LogP contribution < -0.4 is 0 Å². The lowest BCUT2D eigenvalue weighted by Gasteiger charge is -2.26. The Balaban J connectivity index is 1.34. The number of H-pyrrole nitrogens is 1. The highest BCUT2D eigenvalue weighted by Gasteiger charge is 2.22. The number of thioether (sulfide) groups is 1. The van der Waals surface area contributed by atoms with Crippen LogP contribution in [0.4, 0.5) is 0 Å². The van der Waals surface area contributed by atoms with E-state index in [2.05, 4.69) is 26.7 Å². The molecule has 1 N–H and O–H groups in total.